The number of aromatic nitrogens is 2. The molecule has 2 aromatic rings. The van der Waals surface area contributed by atoms with Crippen molar-refractivity contribution >= 4 is 11.4 Å². The summed E-state index contributed by atoms with van der Waals surface area (Å²) in [5.41, 5.74) is -0.608. The number of aromatic amines is 1. The van der Waals surface area contributed by atoms with Gasteiger partial charge in [0.2, 0.25) is 5.88 Å². The summed E-state index contributed by atoms with van der Waals surface area (Å²) in [6.07, 6.45) is 4.63. The lowest BCUT2D eigenvalue weighted by Crippen LogP contribution is -2.36. The highest BCUT2D eigenvalue weighted by Gasteiger charge is 2.23. The van der Waals surface area contributed by atoms with Crippen LogP contribution in [-0.4, -0.2) is 20.4 Å². The quantitative estimate of drug-likeness (QED) is 0.838. The van der Waals surface area contributed by atoms with Gasteiger partial charge in [-0.05, 0) is 44.0 Å². The fourth-order valence-corrected chi connectivity index (χ4v) is 3.31. The molecule has 1 aliphatic rings. The number of nitrogens with zero attached hydrogens (tertiary/aromatic N) is 2. The number of hydrogen-bond acceptors (Lipinski definition) is 4. The molecule has 1 aromatic heterocycles. The van der Waals surface area contributed by atoms with Crippen molar-refractivity contribution in [1.29, 1.82) is 0 Å². The highest BCUT2D eigenvalue weighted by Crippen LogP contribution is 2.30. The highest BCUT2D eigenvalue weighted by atomic mass is 19.1. The van der Waals surface area contributed by atoms with Crippen molar-refractivity contribution in [2.24, 2.45) is 4.99 Å². The van der Waals surface area contributed by atoms with E-state index in [1.165, 1.54) is 28.8 Å². The first-order valence-corrected chi connectivity index (χ1v) is 8.36. The third kappa shape index (κ3) is 3.55. The summed E-state index contributed by atoms with van der Waals surface area (Å²) >= 11 is 0. The van der Waals surface area contributed by atoms with Crippen molar-refractivity contribution in [2.45, 2.75) is 45.1 Å². The van der Waals surface area contributed by atoms with Crippen LogP contribution in [0.5, 0.6) is 5.88 Å². The fraction of sp³-hybridized carbons (Fsp3) is 0.389. The molecule has 1 aromatic carbocycles. The molecule has 0 unspecified atom stereocenters. The summed E-state index contributed by atoms with van der Waals surface area (Å²) in [6.45, 7) is 1.57. The summed E-state index contributed by atoms with van der Waals surface area (Å²) in [5, 5.41) is 10.6. The Kier molecular flexibility index (Phi) is 4.83. The Labute approximate surface area is 143 Å². The van der Waals surface area contributed by atoms with E-state index >= 15 is 0 Å². The maximum Gasteiger partial charge on any atom is 0.331 e. The van der Waals surface area contributed by atoms with Gasteiger partial charge in [0.25, 0.3) is 5.56 Å². The number of rotatable bonds is 3. The van der Waals surface area contributed by atoms with Gasteiger partial charge < -0.3 is 5.11 Å². The Hall–Kier alpha value is -2.70. The highest BCUT2D eigenvalue weighted by molar-refractivity contribution is 6.01. The normalized spacial score (nSPS) is 16.2. The van der Waals surface area contributed by atoms with Gasteiger partial charge in [-0.3, -0.25) is 19.3 Å². The Morgan fingerprint density at radius 2 is 1.84 bits per heavy atom. The fourth-order valence-electron chi connectivity index (χ4n) is 3.31. The predicted molar refractivity (Wildman–Crippen MR) is 93.4 cm³/mol. The van der Waals surface area contributed by atoms with Gasteiger partial charge in [-0.25, -0.2) is 9.18 Å². The summed E-state index contributed by atoms with van der Waals surface area (Å²) in [5.74, 6) is -0.743. The molecule has 0 saturated heterocycles. The zero-order chi connectivity index (χ0) is 18.0. The molecule has 132 valence electrons. The van der Waals surface area contributed by atoms with Crippen LogP contribution >= 0.6 is 0 Å². The predicted octanol–water partition coefficient (Wildman–Crippen LogP) is 3.03. The molecule has 0 radical (unpaired) electrons. The number of aromatic hydroxyl groups is 1. The van der Waals surface area contributed by atoms with E-state index in [1.54, 1.807) is 6.92 Å². The minimum Gasteiger partial charge on any atom is -0.494 e. The molecule has 0 amide bonds. The maximum atomic E-state index is 13.0. The third-order valence-corrected chi connectivity index (χ3v) is 4.54. The second-order valence-corrected chi connectivity index (χ2v) is 6.29. The van der Waals surface area contributed by atoms with Crippen molar-refractivity contribution < 1.29 is 9.50 Å². The molecular weight excluding hydrogens is 325 g/mol. The SMILES string of the molecule is CC(=Nc1ccc(F)cc1)c1c(O)n(C2CCCCC2)c(=O)[nH]c1=O. The molecule has 1 heterocycles. The molecule has 25 heavy (non-hydrogen) atoms. The van der Waals surface area contributed by atoms with Crippen LogP contribution in [0.3, 0.4) is 0 Å². The number of H-pyrrole nitrogens is 1. The molecule has 1 saturated carbocycles. The Bertz CT molecular complexity index is 907. The van der Waals surface area contributed by atoms with Crippen LogP contribution in [0, 0.1) is 5.82 Å². The standard InChI is InChI=1S/C18H20FN3O3/c1-11(20-13-9-7-12(19)8-10-13)15-16(23)21-18(25)22(17(15)24)14-5-3-2-4-6-14/h7-10,14,24H,2-6H2,1H3,(H,21,23,25). The Morgan fingerprint density at radius 3 is 2.48 bits per heavy atom. The average molecular weight is 345 g/mol. The molecule has 1 aliphatic carbocycles. The molecule has 0 atom stereocenters. The largest absolute Gasteiger partial charge is 0.494 e. The molecular formula is C18H20FN3O3. The minimum atomic E-state index is -0.682. The third-order valence-electron chi connectivity index (χ3n) is 4.54. The van der Waals surface area contributed by atoms with E-state index in [1.807, 2.05) is 0 Å². The number of halogens is 1. The number of benzene rings is 1. The maximum absolute atomic E-state index is 13.0. The van der Waals surface area contributed by atoms with Crippen molar-refractivity contribution in [3.8, 4) is 5.88 Å². The molecule has 0 bridgehead atoms. The number of nitrogens with one attached hydrogen (secondary N) is 1. The van der Waals surface area contributed by atoms with E-state index in [0.717, 1.165) is 32.1 Å². The topological polar surface area (TPSA) is 87.4 Å². The second-order valence-electron chi connectivity index (χ2n) is 6.29. The molecule has 3 rings (SSSR count). The number of aliphatic imine (C=N–C) groups is 1. The van der Waals surface area contributed by atoms with E-state index in [9.17, 15) is 19.1 Å². The first kappa shape index (κ1) is 17.1. The lowest BCUT2D eigenvalue weighted by atomic mass is 9.95. The van der Waals surface area contributed by atoms with Gasteiger partial charge in [0.05, 0.1) is 11.4 Å². The summed E-state index contributed by atoms with van der Waals surface area (Å²) < 4.78 is 14.3. The average Bonchev–Trinajstić information content (AvgIpc) is 2.57. The minimum absolute atomic E-state index is 0.0329. The van der Waals surface area contributed by atoms with Crippen LogP contribution in [0.4, 0.5) is 10.1 Å². The summed E-state index contributed by atoms with van der Waals surface area (Å²) in [7, 11) is 0. The Morgan fingerprint density at radius 1 is 1.20 bits per heavy atom. The van der Waals surface area contributed by atoms with Crippen molar-refractivity contribution in [3.63, 3.8) is 0 Å². The van der Waals surface area contributed by atoms with Crippen LogP contribution < -0.4 is 11.2 Å². The molecule has 7 heteroatoms. The van der Waals surface area contributed by atoms with Crippen LogP contribution in [0.15, 0.2) is 38.8 Å². The van der Waals surface area contributed by atoms with E-state index < -0.39 is 11.2 Å². The van der Waals surface area contributed by atoms with Gasteiger partial charge in [0.15, 0.2) is 0 Å². The zero-order valence-corrected chi connectivity index (χ0v) is 14.0. The number of hydrogen-bond donors (Lipinski definition) is 2. The van der Waals surface area contributed by atoms with E-state index in [0.29, 0.717) is 5.69 Å². The van der Waals surface area contributed by atoms with Crippen LogP contribution in [0.1, 0.15) is 50.6 Å². The van der Waals surface area contributed by atoms with Gasteiger partial charge in [-0.15, -0.1) is 0 Å². The van der Waals surface area contributed by atoms with Gasteiger partial charge >= 0.3 is 5.69 Å². The molecule has 0 spiro atoms. The van der Waals surface area contributed by atoms with E-state index in [-0.39, 0.29) is 29.0 Å². The monoisotopic (exact) mass is 345 g/mol. The van der Waals surface area contributed by atoms with E-state index in [2.05, 4.69) is 9.98 Å². The first-order chi connectivity index (χ1) is 12.0. The van der Waals surface area contributed by atoms with Crippen molar-refractivity contribution in [3.05, 3.63) is 56.5 Å². The van der Waals surface area contributed by atoms with Gasteiger partial charge in [-0.2, -0.15) is 0 Å². The molecule has 1 fully saturated rings. The molecule has 2 N–H and O–H groups in total. The van der Waals surface area contributed by atoms with Crippen molar-refractivity contribution in [1.82, 2.24) is 9.55 Å². The lowest BCUT2D eigenvalue weighted by molar-refractivity contribution is 0.298. The zero-order valence-electron chi connectivity index (χ0n) is 14.0. The Balaban J connectivity index is 2.07. The first-order valence-electron chi connectivity index (χ1n) is 8.36. The second kappa shape index (κ2) is 7.04. The summed E-state index contributed by atoms with van der Waals surface area (Å²) in [4.78, 5) is 30.9. The van der Waals surface area contributed by atoms with E-state index in [4.69, 9.17) is 0 Å². The lowest BCUT2D eigenvalue weighted by Gasteiger charge is -2.25. The molecule has 0 aliphatic heterocycles. The molecule has 6 nitrogen and oxygen atoms in total. The smallest absolute Gasteiger partial charge is 0.331 e. The van der Waals surface area contributed by atoms with Gasteiger partial charge in [-0.1, -0.05) is 19.3 Å². The van der Waals surface area contributed by atoms with Crippen LogP contribution in [0.2, 0.25) is 0 Å². The van der Waals surface area contributed by atoms with Crippen LogP contribution in [-0.2, 0) is 0 Å². The van der Waals surface area contributed by atoms with Gasteiger partial charge in [0, 0.05) is 6.04 Å². The van der Waals surface area contributed by atoms with Crippen LogP contribution in [0.25, 0.3) is 0 Å². The van der Waals surface area contributed by atoms with Crippen molar-refractivity contribution in [2.75, 3.05) is 0 Å². The summed E-state index contributed by atoms with van der Waals surface area (Å²) in [6, 6.07) is 5.34. The van der Waals surface area contributed by atoms with Gasteiger partial charge in [0.1, 0.15) is 11.4 Å².